The van der Waals surface area contributed by atoms with Crippen LogP contribution in [-0.2, 0) is 14.3 Å². The molecule has 0 unspecified atom stereocenters. The molecule has 2 atom stereocenters. The minimum atomic E-state index is -2.78. The monoisotopic (exact) mass is 530 g/mol. The molecule has 15 heteroatoms. The Morgan fingerprint density at radius 2 is 1.95 bits per heavy atom. The largest absolute Gasteiger partial charge is 0.378 e. The van der Waals surface area contributed by atoms with Crippen LogP contribution in [0.25, 0.3) is 16.9 Å². The van der Waals surface area contributed by atoms with Crippen molar-refractivity contribution < 1.29 is 23.1 Å². The summed E-state index contributed by atoms with van der Waals surface area (Å²) in [6.45, 7) is 2.76. The van der Waals surface area contributed by atoms with Gasteiger partial charge >= 0.3 is 6.55 Å². The maximum atomic E-state index is 13.1. The number of alkyl halides is 2. The molecule has 202 valence electrons. The molecule has 3 aromatic rings. The summed E-state index contributed by atoms with van der Waals surface area (Å²) in [5.41, 5.74) is 1.11. The summed E-state index contributed by atoms with van der Waals surface area (Å²) >= 11 is 0. The lowest BCUT2D eigenvalue weighted by molar-refractivity contribution is -0.121. The van der Waals surface area contributed by atoms with E-state index < -0.39 is 6.55 Å². The van der Waals surface area contributed by atoms with Crippen molar-refractivity contribution in [3.63, 3.8) is 0 Å². The fourth-order valence-corrected chi connectivity index (χ4v) is 4.63. The standard InChI is InChI=1S/C23H28F2N10O3/c1-2-17(36)29-15-4-3-5-16(15)30-18(37)11-26-20-19-21(32-23(31-20)33-6-8-38-9-7-33)34(13-27-19)14-10-28-35(12-14)22(24)25/h2,10,12-13,15-16,22H,1,3-9,11H2,(H,29,36)(H,30,37)(H,26,31,32)/t15-,16+/m0/s1. The highest BCUT2D eigenvalue weighted by Gasteiger charge is 2.29. The van der Waals surface area contributed by atoms with Gasteiger partial charge in [0.25, 0.3) is 0 Å². The Bertz CT molecular complexity index is 1320. The van der Waals surface area contributed by atoms with Gasteiger partial charge in [0.1, 0.15) is 6.33 Å². The number of carbonyl (C=O) groups is 2. The highest BCUT2D eigenvalue weighted by Crippen LogP contribution is 2.26. The van der Waals surface area contributed by atoms with Crippen molar-refractivity contribution in [1.82, 2.24) is 39.9 Å². The quantitative estimate of drug-likeness (QED) is 0.345. The number of nitrogens with zero attached hydrogens (tertiary/aromatic N) is 7. The van der Waals surface area contributed by atoms with Crippen LogP contribution in [0.1, 0.15) is 25.8 Å². The molecule has 2 aliphatic rings. The summed E-state index contributed by atoms with van der Waals surface area (Å²) in [6.07, 6.45) is 7.57. The van der Waals surface area contributed by atoms with Crippen LogP contribution in [0.4, 0.5) is 20.5 Å². The van der Waals surface area contributed by atoms with Gasteiger partial charge in [-0.15, -0.1) is 0 Å². The first-order valence-corrected chi connectivity index (χ1v) is 12.3. The average Bonchev–Trinajstić information content (AvgIpc) is 3.68. The number of hydrogen-bond acceptors (Lipinski definition) is 9. The number of hydrogen-bond donors (Lipinski definition) is 3. The maximum Gasteiger partial charge on any atom is 0.333 e. The zero-order valence-electron chi connectivity index (χ0n) is 20.5. The molecule has 1 saturated heterocycles. The molecule has 2 amide bonds. The second kappa shape index (κ2) is 11.1. The second-order valence-corrected chi connectivity index (χ2v) is 8.99. The van der Waals surface area contributed by atoms with Crippen molar-refractivity contribution in [2.24, 2.45) is 0 Å². The molecule has 2 fully saturated rings. The first kappa shape index (κ1) is 25.5. The molecule has 0 bridgehead atoms. The van der Waals surface area contributed by atoms with Crippen molar-refractivity contribution in [1.29, 1.82) is 0 Å². The van der Waals surface area contributed by atoms with Crippen LogP contribution in [0.3, 0.4) is 0 Å². The Hall–Kier alpha value is -4.14. The van der Waals surface area contributed by atoms with E-state index in [1.807, 2.05) is 4.90 Å². The number of fused-ring (bicyclic) bond motifs is 1. The maximum absolute atomic E-state index is 13.1. The Morgan fingerprint density at radius 3 is 2.66 bits per heavy atom. The van der Waals surface area contributed by atoms with Crippen LogP contribution in [0.5, 0.6) is 0 Å². The molecule has 5 rings (SSSR count). The zero-order valence-corrected chi connectivity index (χ0v) is 20.5. The van der Waals surface area contributed by atoms with E-state index in [2.05, 4.69) is 42.6 Å². The third-order valence-electron chi connectivity index (χ3n) is 6.54. The lowest BCUT2D eigenvalue weighted by Crippen LogP contribution is -2.49. The molecule has 1 aliphatic heterocycles. The van der Waals surface area contributed by atoms with E-state index in [0.29, 0.717) is 59.6 Å². The lowest BCUT2D eigenvalue weighted by Gasteiger charge is -2.27. The molecule has 0 radical (unpaired) electrons. The summed E-state index contributed by atoms with van der Waals surface area (Å²) in [4.78, 5) is 40.1. The van der Waals surface area contributed by atoms with Crippen LogP contribution in [-0.4, -0.2) is 86.0 Å². The third-order valence-corrected chi connectivity index (χ3v) is 6.54. The van der Waals surface area contributed by atoms with E-state index in [0.717, 1.165) is 19.3 Å². The molecule has 38 heavy (non-hydrogen) atoms. The molecular weight excluding hydrogens is 502 g/mol. The molecule has 0 spiro atoms. The molecule has 1 saturated carbocycles. The fraction of sp³-hybridized carbons (Fsp3) is 0.478. The molecule has 1 aliphatic carbocycles. The predicted octanol–water partition coefficient (Wildman–Crippen LogP) is 0.995. The fourth-order valence-electron chi connectivity index (χ4n) is 4.63. The van der Waals surface area contributed by atoms with Gasteiger partial charge in [0, 0.05) is 25.2 Å². The number of imidazole rings is 1. The van der Waals surface area contributed by atoms with E-state index in [9.17, 15) is 18.4 Å². The Morgan fingerprint density at radius 1 is 1.18 bits per heavy atom. The summed E-state index contributed by atoms with van der Waals surface area (Å²) < 4.78 is 33.7. The minimum absolute atomic E-state index is 0.0938. The van der Waals surface area contributed by atoms with Gasteiger partial charge in [-0.2, -0.15) is 23.8 Å². The van der Waals surface area contributed by atoms with E-state index in [-0.39, 0.29) is 30.4 Å². The van der Waals surface area contributed by atoms with Gasteiger partial charge in [-0.1, -0.05) is 6.58 Å². The lowest BCUT2D eigenvalue weighted by atomic mass is 10.1. The number of rotatable bonds is 9. The Labute approximate surface area is 216 Å². The molecule has 0 aromatic carbocycles. The number of nitrogens with one attached hydrogen (secondary N) is 3. The van der Waals surface area contributed by atoms with Crippen molar-refractivity contribution in [2.45, 2.75) is 37.9 Å². The van der Waals surface area contributed by atoms with E-state index in [1.54, 1.807) is 4.57 Å². The summed E-state index contributed by atoms with van der Waals surface area (Å²) in [6, 6.07) is -0.346. The number of halogens is 2. The van der Waals surface area contributed by atoms with Crippen LogP contribution in [0.2, 0.25) is 0 Å². The number of amides is 2. The summed E-state index contributed by atoms with van der Waals surface area (Å²) in [5.74, 6) is 0.180. The SMILES string of the molecule is C=CC(=O)N[C@H]1CCC[C@H]1NC(=O)CNc1nc(N2CCOCC2)nc2c1ncn2-c1cnn(C(F)F)c1. The first-order valence-electron chi connectivity index (χ1n) is 12.3. The average molecular weight is 531 g/mol. The normalized spacial score (nSPS) is 19.6. The smallest absolute Gasteiger partial charge is 0.333 e. The molecule has 3 N–H and O–H groups in total. The van der Waals surface area contributed by atoms with Gasteiger partial charge in [-0.05, 0) is 25.3 Å². The van der Waals surface area contributed by atoms with Gasteiger partial charge in [0.2, 0.25) is 17.8 Å². The predicted molar refractivity (Wildman–Crippen MR) is 133 cm³/mol. The molecule has 3 aromatic heterocycles. The van der Waals surface area contributed by atoms with Crippen LogP contribution in [0.15, 0.2) is 31.4 Å². The van der Waals surface area contributed by atoms with Gasteiger partial charge in [-0.25, -0.2) is 9.67 Å². The van der Waals surface area contributed by atoms with E-state index in [4.69, 9.17) is 4.74 Å². The summed E-state index contributed by atoms with van der Waals surface area (Å²) in [7, 11) is 0. The van der Waals surface area contributed by atoms with Gasteiger partial charge < -0.3 is 25.6 Å². The number of morpholine rings is 1. The number of ether oxygens (including phenoxy) is 1. The Kier molecular flexibility index (Phi) is 7.44. The van der Waals surface area contributed by atoms with E-state index >= 15 is 0 Å². The van der Waals surface area contributed by atoms with E-state index in [1.165, 1.54) is 24.8 Å². The highest BCUT2D eigenvalue weighted by atomic mass is 19.3. The topological polar surface area (TPSA) is 144 Å². The zero-order chi connectivity index (χ0) is 26.6. The van der Waals surface area contributed by atoms with Crippen molar-refractivity contribution in [3.05, 3.63) is 31.4 Å². The highest BCUT2D eigenvalue weighted by molar-refractivity contribution is 5.89. The third kappa shape index (κ3) is 5.41. The van der Waals surface area contributed by atoms with Crippen LogP contribution >= 0.6 is 0 Å². The first-order chi connectivity index (χ1) is 18.4. The number of carbonyl (C=O) groups excluding carboxylic acids is 2. The van der Waals surface area contributed by atoms with Crippen LogP contribution < -0.4 is 20.9 Å². The number of aromatic nitrogens is 6. The van der Waals surface area contributed by atoms with Crippen LogP contribution in [0, 0.1) is 0 Å². The molecule has 4 heterocycles. The van der Waals surface area contributed by atoms with Crippen molar-refractivity contribution in [2.75, 3.05) is 43.1 Å². The van der Waals surface area contributed by atoms with Crippen molar-refractivity contribution >= 4 is 34.7 Å². The van der Waals surface area contributed by atoms with Crippen molar-refractivity contribution in [3.8, 4) is 5.69 Å². The molecule has 13 nitrogen and oxygen atoms in total. The second-order valence-electron chi connectivity index (χ2n) is 8.99. The Balaban J connectivity index is 1.37. The van der Waals surface area contributed by atoms with Gasteiger partial charge in [0.05, 0.1) is 37.8 Å². The summed E-state index contributed by atoms with van der Waals surface area (Å²) in [5, 5.41) is 12.6. The number of anilines is 2. The molecular formula is C23H28F2N10O3. The van der Waals surface area contributed by atoms with Gasteiger partial charge in [0.15, 0.2) is 17.0 Å². The van der Waals surface area contributed by atoms with Gasteiger partial charge in [-0.3, -0.25) is 14.2 Å². The minimum Gasteiger partial charge on any atom is -0.378 e.